The van der Waals surface area contributed by atoms with Gasteiger partial charge in [0.05, 0.1) is 13.2 Å². The van der Waals surface area contributed by atoms with Crippen molar-refractivity contribution in [3.8, 4) is 11.5 Å². The minimum absolute atomic E-state index is 0.125. The van der Waals surface area contributed by atoms with Crippen molar-refractivity contribution in [3.63, 3.8) is 0 Å². The zero-order valence-corrected chi connectivity index (χ0v) is 16.0. The summed E-state index contributed by atoms with van der Waals surface area (Å²) in [6, 6.07) is 16.9. The summed E-state index contributed by atoms with van der Waals surface area (Å²) >= 11 is 0. The van der Waals surface area contributed by atoms with Crippen LogP contribution in [0.4, 0.5) is 0 Å². The monoisotopic (exact) mass is 342 g/mol. The van der Waals surface area contributed by atoms with Crippen molar-refractivity contribution in [1.29, 1.82) is 0 Å². The van der Waals surface area contributed by atoms with Gasteiger partial charge < -0.3 is 19.7 Å². The Bertz CT molecular complexity index is 642. The van der Waals surface area contributed by atoms with Crippen molar-refractivity contribution in [1.82, 2.24) is 10.2 Å². The van der Waals surface area contributed by atoms with Gasteiger partial charge in [-0.25, -0.2) is 0 Å². The summed E-state index contributed by atoms with van der Waals surface area (Å²) in [7, 11) is 5.87. The molecule has 0 fully saturated rings. The van der Waals surface area contributed by atoms with E-state index < -0.39 is 0 Å². The predicted molar refractivity (Wildman–Crippen MR) is 103 cm³/mol. The van der Waals surface area contributed by atoms with Crippen molar-refractivity contribution in [3.05, 3.63) is 59.7 Å². The minimum Gasteiger partial charge on any atom is -0.493 e. The number of hydrogen-bond acceptors (Lipinski definition) is 4. The topological polar surface area (TPSA) is 33.7 Å². The second kappa shape index (κ2) is 9.44. The van der Waals surface area contributed by atoms with E-state index in [1.807, 2.05) is 26.0 Å². The standard InChI is InChI=1S/C21H30N2O2/c1-16(2)25-20-12-11-17(13-21(20)24-5)14-22-19(15-23(3)4)18-9-7-6-8-10-18/h6-13,16,19,22H,14-15H2,1-5H3. The number of ether oxygens (including phenoxy) is 2. The second-order valence-corrected chi connectivity index (χ2v) is 6.76. The Labute approximate surface area is 151 Å². The van der Waals surface area contributed by atoms with Gasteiger partial charge in [-0.3, -0.25) is 0 Å². The molecule has 1 atom stereocenters. The Kier molecular flexibility index (Phi) is 7.29. The maximum absolute atomic E-state index is 5.79. The summed E-state index contributed by atoms with van der Waals surface area (Å²) in [5.41, 5.74) is 2.47. The fourth-order valence-corrected chi connectivity index (χ4v) is 2.75. The fourth-order valence-electron chi connectivity index (χ4n) is 2.75. The Morgan fingerprint density at radius 1 is 1.00 bits per heavy atom. The lowest BCUT2D eigenvalue weighted by molar-refractivity contribution is 0.230. The molecule has 4 nitrogen and oxygen atoms in total. The highest BCUT2D eigenvalue weighted by Crippen LogP contribution is 2.29. The van der Waals surface area contributed by atoms with E-state index in [1.165, 1.54) is 11.1 Å². The smallest absolute Gasteiger partial charge is 0.161 e. The number of likely N-dealkylation sites (N-methyl/N-ethyl adjacent to an activating group) is 1. The molecule has 4 heteroatoms. The molecule has 0 aliphatic rings. The molecule has 2 aromatic rings. The summed E-state index contributed by atoms with van der Waals surface area (Å²) in [4.78, 5) is 2.20. The molecule has 0 heterocycles. The summed E-state index contributed by atoms with van der Waals surface area (Å²) in [5.74, 6) is 1.56. The van der Waals surface area contributed by atoms with Gasteiger partial charge in [-0.05, 0) is 51.2 Å². The predicted octanol–water partition coefficient (Wildman–Crippen LogP) is 3.87. The number of hydrogen-bond donors (Lipinski definition) is 1. The molecule has 0 amide bonds. The third-order valence-corrected chi connectivity index (χ3v) is 3.89. The maximum Gasteiger partial charge on any atom is 0.161 e. The van der Waals surface area contributed by atoms with E-state index in [4.69, 9.17) is 9.47 Å². The summed E-state index contributed by atoms with van der Waals surface area (Å²) in [6.45, 7) is 5.74. The molecule has 2 rings (SSSR count). The lowest BCUT2D eigenvalue weighted by atomic mass is 10.1. The molecule has 1 unspecified atom stereocenters. The van der Waals surface area contributed by atoms with Gasteiger partial charge in [0.1, 0.15) is 0 Å². The Balaban J connectivity index is 2.09. The molecule has 2 aromatic carbocycles. The van der Waals surface area contributed by atoms with Gasteiger partial charge in [0.15, 0.2) is 11.5 Å². The third-order valence-electron chi connectivity index (χ3n) is 3.89. The van der Waals surface area contributed by atoms with Crippen LogP contribution in [0.2, 0.25) is 0 Å². The van der Waals surface area contributed by atoms with E-state index >= 15 is 0 Å². The minimum atomic E-state index is 0.125. The molecular formula is C21H30N2O2. The Morgan fingerprint density at radius 3 is 2.32 bits per heavy atom. The normalized spacial score (nSPS) is 12.4. The van der Waals surface area contributed by atoms with Crippen LogP contribution in [0, 0.1) is 0 Å². The first-order valence-electron chi connectivity index (χ1n) is 8.76. The zero-order chi connectivity index (χ0) is 18.2. The van der Waals surface area contributed by atoms with Crippen LogP contribution in [-0.2, 0) is 6.54 Å². The van der Waals surface area contributed by atoms with Crippen molar-refractivity contribution < 1.29 is 9.47 Å². The molecule has 0 saturated heterocycles. The number of methoxy groups -OCH3 is 1. The Morgan fingerprint density at radius 2 is 1.72 bits per heavy atom. The highest BCUT2D eigenvalue weighted by atomic mass is 16.5. The lowest BCUT2D eigenvalue weighted by Gasteiger charge is -2.23. The first-order valence-corrected chi connectivity index (χ1v) is 8.76. The molecule has 0 aliphatic carbocycles. The number of nitrogens with zero attached hydrogens (tertiary/aromatic N) is 1. The summed E-state index contributed by atoms with van der Waals surface area (Å²) in [5, 5.41) is 3.66. The van der Waals surface area contributed by atoms with Gasteiger partial charge in [0, 0.05) is 19.1 Å². The van der Waals surface area contributed by atoms with Gasteiger partial charge in [-0.2, -0.15) is 0 Å². The highest BCUT2D eigenvalue weighted by molar-refractivity contribution is 5.43. The number of benzene rings is 2. The van der Waals surface area contributed by atoms with Crippen molar-refractivity contribution in [2.24, 2.45) is 0 Å². The molecule has 0 radical (unpaired) electrons. The van der Waals surface area contributed by atoms with E-state index in [-0.39, 0.29) is 12.1 Å². The third kappa shape index (κ3) is 6.07. The van der Waals surface area contributed by atoms with Crippen LogP contribution < -0.4 is 14.8 Å². The van der Waals surface area contributed by atoms with Crippen molar-refractivity contribution in [2.45, 2.75) is 32.5 Å². The molecule has 1 N–H and O–H groups in total. The molecule has 25 heavy (non-hydrogen) atoms. The van der Waals surface area contributed by atoms with Crippen molar-refractivity contribution in [2.75, 3.05) is 27.7 Å². The van der Waals surface area contributed by atoms with Crippen LogP contribution >= 0.6 is 0 Å². The van der Waals surface area contributed by atoms with Gasteiger partial charge in [-0.1, -0.05) is 36.4 Å². The van der Waals surface area contributed by atoms with Gasteiger partial charge in [-0.15, -0.1) is 0 Å². The number of rotatable bonds is 9. The average Bonchev–Trinajstić information content (AvgIpc) is 2.59. The SMILES string of the molecule is COc1cc(CNC(CN(C)C)c2ccccc2)ccc1OC(C)C. The molecule has 0 aliphatic heterocycles. The van der Waals surface area contributed by atoms with E-state index in [0.29, 0.717) is 0 Å². The number of nitrogens with one attached hydrogen (secondary N) is 1. The second-order valence-electron chi connectivity index (χ2n) is 6.76. The summed E-state index contributed by atoms with van der Waals surface area (Å²) in [6.07, 6.45) is 0.125. The molecule has 0 aromatic heterocycles. The van der Waals surface area contributed by atoms with Crippen LogP contribution in [-0.4, -0.2) is 38.8 Å². The quantitative estimate of drug-likeness (QED) is 0.750. The highest BCUT2D eigenvalue weighted by Gasteiger charge is 2.13. The molecule has 0 saturated carbocycles. The maximum atomic E-state index is 5.79. The fraction of sp³-hybridized carbons (Fsp3) is 0.429. The molecule has 0 spiro atoms. The van der Waals surface area contributed by atoms with E-state index in [9.17, 15) is 0 Å². The van der Waals surface area contributed by atoms with E-state index in [0.717, 1.165) is 24.6 Å². The molecular weight excluding hydrogens is 312 g/mol. The first-order chi connectivity index (χ1) is 12.0. The molecule has 0 bridgehead atoms. The van der Waals surface area contributed by atoms with Crippen LogP contribution in [0.5, 0.6) is 11.5 Å². The van der Waals surface area contributed by atoms with Gasteiger partial charge >= 0.3 is 0 Å². The lowest BCUT2D eigenvalue weighted by Crippen LogP contribution is -2.30. The van der Waals surface area contributed by atoms with Gasteiger partial charge in [0.25, 0.3) is 0 Å². The largest absolute Gasteiger partial charge is 0.493 e. The van der Waals surface area contributed by atoms with Crippen LogP contribution in [0.3, 0.4) is 0 Å². The van der Waals surface area contributed by atoms with E-state index in [1.54, 1.807) is 7.11 Å². The van der Waals surface area contributed by atoms with Crippen LogP contribution in [0.1, 0.15) is 31.0 Å². The first kappa shape index (κ1) is 19.3. The van der Waals surface area contributed by atoms with Crippen LogP contribution in [0.25, 0.3) is 0 Å². The average molecular weight is 342 g/mol. The van der Waals surface area contributed by atoms with Crippen LogP contribution in [0.15, 0.2) is 48.5 Å². The Hall–Kier alpha value is -2.04. The van der Waals surface area contributed by atoms with E-state index in [2.05, 4.69) is 60.7 Å². The van der Waals surface area contributed by atoms with Gasteiger partial charge in [0.2, 0.25) is 0 Å². The van der Waals surface area contributed by atoms with Crippen molar-refractivity contribution >= 4 is 0 Å². The molecule has 136 valence electrons. The summed E-state index contributed by atoms with van der Waals surface area (Å²) < 4.78 is 11.3. The zero-order valence-electron chi connectivity index (χ0n) is 16.0.